The number of esters is 2. The van der Waals surface area contributed by atoms with Gasteiger partial charge in [-0.05, 0) is 13.0 Å². The molecule has 0 saturated heterocycles. The van der Waals surface area contributed by atoms with Gasteiger partial charge in [0.05, 0.1) is 26.2 Å². The van der Waals surface area contributed by atoms with E-state index in [1.165, 1.54) is 18.8 Å². The van der Waals surface area contributed by atoms with Crippen molar-refractivity contribution in [3.05, 3.63) is 51.4 Å². The van der Waals surface area contributed by atoms with Gasteiger partial charge in [-0.15, -0.1) is 0 Å². The van der Waals surface area contributed by atoms with Crippen LogP contribution in [0.2, 0.25) is 0 Å². The van der Waals surface area contributed by atoms with E-state index in [4.69, 9.17) is 14.2 Å². The van der Waals surface area contributed by atoms with Crippen LogP contribution < -0.4 is 19.8 Å². The molecule has 0 aliphatic carbocycles. The minimum Gasteiger partial charge on any atom is -0.493 e. The van der Waals surface area contributed by atoms with E-state index in [0.717, 1.165) is 0 Å². The van der Waals surface area contributed by atoms with E-state index >= 15 is 0 Å². The van der Waals surface area contributed by atoms with Crippen LogP contribution in [0.3, 0.4) is 0 Å². The molecule has 148 valence electrons. The fourth-order valence-electron chi connectivity index (χ4n) is 3.23. The number of nitrogens with zero attached hydrogens (tertiary/aromatic N) is 1. The molecule has 0 radical (unpaired) electrons. The van der Waals surface area contributed by atoms with Gasteiger partial charge in [0.15, 0.2) is 18.1 Å². The van der Waals surface area contributed by atoms with Crippen molar-refractivity contribution in [1.29, 1.82) is 0 Å². The van der Waals surface area contributed by atoms with Crippen molar-refractivity contribution < 1.29 is 28.5 Å². The maximum Gasteiger partial charge on any atom is 0.343 e. The number of ether oxygens (including phenoxy) is 4. The highest BCUT2D eigenvalue weighted by Gasteiger charge is 2.34. The highest BCUT2D eigenvalue weighted by atomic mass is 16.6. The normalized spacial score (nSPS) is 15.4. The molecule has 2 heterocycles. The van der Waals surface area contributed by atoms with Crippen molar-refractivity contribution >= 4 is 11.9 Å². The van der Waals surface area contributed by atoms with Gasteiger partial charge in [-0.3, -0.25) is 9.59 Å². The molecule has 0 amide bonds. The van der Waals surface area contributed by atoms with Crippen molar-refractivity contribution in [2.75, 3.05) is 20.8 Å². The van der Waals surface area contributed by atoms with E-state index in [9.17, 15) is 14.4 Å². The highest BCUT2D eigenvalue weighted by molar-refractivity contribution is 5.78. The summed E-state index contributed by atoms with van der Waals surface area (Å²) in [5.41, 5.74) is 1.34. The Kier molecular flexibility index (Phi) is 5.39. The van der Waals surface area contributed by atoms with E-state index in [1.807, 2.05) is 0 Å². The van der Waals surface area contributed by atoms with Gasteiger partial charge in [0.1, 0.15) is 5.75 Å². The van der Waals surface area contributed by atoms with Crippen LogP contribution in [0, 0.1) is 6.92 Å². The molecule has 3 rings (SSSR count). The minimum atomic E-state index is -0.599. The third-order valence-electron chi connectivity index (χ3n) is 4.78. The van der Waals surface area contributed by atoms with Gasteiger partial charge in [0.2, 0.25) is 0 Å². The zero-order chi connectivity index (χ0) is 20.4. The lowest BCUT2D eigenvalue weighted by Gasteiger charge is -2.27. The lowest BCUT2D eigenvalue weighted by molar-refractivity contribution is -0.143. The number of para-hydroxylation sites is 1. The molecule has 1 aliphatic rings. The second kappa shape index (κ2) is 7.75. The van der Waals surface area contributed by atoms with Crippen molar-refractivity contribution in [3.8, 4) is 17.2 Å². The maximum atomic E-state index is 12.9. The maximum absolute atomic E-state index is 12.9. The largest absolute Gasteiger partial charge is 0.493 e. The smallest absolute Gasteiger partial charge is 0.343 e. The molecular formula is C20H21NO7. The molecule has 8 heteroatoms. The summed E-state index contributed by atoms with van der Waals surface area (Å²) >= 11 is 0. The van der Waals surface area contributed by atoms with Crippen LogP contribution in [0.25, 0.3) is 0 Å². The van der Waals surface area contributed by atoms with Crippen LogP contribution in [0.4, 0.5) is 0 Å². The Labute approximate surface area is 161 Å². The molecule has 1 atom stereocenters. The predicted octanol–water partition coefficient (Wildman–Crippen LogP) is 1.70. The molecule has 0 bridgehead atoms. The summed E-state index contributed by atoms with van der Waals surface area (Å²) in [5, 5.41) is 0. The minimum absolute atomic E-state index is 0.0347. The number of hydrogen-bond donors (Lipinski definition) is 0. The summed E-state index contributed by atoms with van der Waals surface area (Å²) in [5.74, 6) is -0.713. The standard InChI is InChI=1S/C20H21NO7/c1-11-8-15-18(20(24)21(11)2)13(9-16(22)28-15)12-6-5-7-14(25-3)19(12)27-10-17(23)26-4/h5-8,13H,9-10H2,1-4H3/t13-/m1/s1. The number of aryl methyl sites for hydroxylation is 1. The Morgan fingerprint density at radius 3 is 2.71 bits per heavy atom. The van der Waals surface area contributed by atoms with E-state index < -0.39 is 17.9 Å². The topological polar surface area (TPSA) is 93.1 Å². The number of rotatable bonds is 5. The number of benzene rings is 1. The van der Waals surface area contributed by atoms with Crippen molar-refractivity contribution in [2.45, 2.75) is 19.3 Å². The van der Waals surface area contributed by atoms with Gasteiger partial charge in [0.25, 0.3) is 5.56 Å². The number of carbonyl (C=O) groups excluding carboxylic acids is 2. The third-order valence-corrected chi connectivity index (χ3v) is 4.78. The molecule has 0 saturated carbocycles. The van der Waals surface area contributed by atoms with Gasteiger partial charge in [-0.1, -0.05) is 12.1 Å². The van der Waals surface area contributed by atoms with Crippen LogP contribution in [-0.2, 0) is 21.4 Å². The molecule has 1 aliphatic heterocycles. The lowest BCUT2D eigenvalue weighted by Crippen LogP contribution is -2.32. The molecule has 2 aromatic rings. The van der Waals surface area contributed by atoms with Gasteiger partial charge < -0.3 is 23.5 Å². The van der Waals surface area contributed by atoms with Gasteiger partial charge in [-0.25, -0.2) is 4.79 Å². The second-order valence-corrected chi connectivity index (χ2v) is 6.40. The number of hydrogen-bond acceptors (Lipinski definition) is 7. The Hall–Kier alpha value is -3.29. The van der Waals surface area contributed by atoms with Crippen LogP contribution in [0.1, 0.15) is 29.2 Å². The zero-order valence-electron chi connectivity index (χ0n) is 16.1. The number of carbonyl (C=O) groups is 2. The summed E-state index contributed by atoms with van der Waals surface area (Å²) in [6.45, 7) is 1.43. The van der Waals surface area contributed by atoms with E-state index in [1.54, 1.807) is 38.2 Å². The van der Waals surface area contributed by atoms with Gasteiger partial charge in [-0.2, -0.15) is 0 Å². The molecule has 0 N–H and O–H groups in total. The Morgan fingerprint density at radius 1 is 1.29 bits per heavy atom. The first-order valence-corrected chi connectivity index (χ1v) is 8.65. The SMILES string of the molecule is COC(=O)COc1c(OC)cccc1[C@H]1CC(=O)Oc2cc(C)n(C)c(=O)c21. The number of pyridine rings is 1. The highest BCUT2D eigenvalue weighted by Crippen LogP contribution is 2.43. The number of fused-ring (bicyclic) bond motifs is 1. The quantitative estimate of drug-likeness (QED) is 0.721. The number of methoxy groups -OCH3 is 2. The molecule has 0 spiro atoms. The Balaban J connectivity index is 2.17. The summed E-state index contributed by atoms with van der Waals surface area (Å²) in [6, 6.07) is 6.81. The third kappa shape index (κ3) is 3.45. The first-order valence-electron chi connectivity index (χ1n) is 8.65. The molecule has 0 unspecified atom stereocenters. The van der Waals surface area contributed by atoms with Gasteiger partial charge in [0, 0.05) is 30.3 Å². The Morgan fingerprint density at radius 2 is 2.04 bits per heavy atom. The van der Waals surface area contributed by atoms with E-state index in [2.05, 4.69) is 4.74 Å². The van der Waals surface area contributed by atoms with Gasteiger partial charge >= 0.3 is 11.9 Å². The first-order chi connectivity index (χ1) is 13.4. The molecule has 0 fully saturated rings. The molecular weight excluding hydrogens is 366 g/mol. The first kappa shape index (κ1) is 19.5. The van der Waals surface area contributed by atoms with Crippen LogP contribution in [0.15, 0.2) is 29.1 Å². The average molecular weight is 387 g/mol. The fourth-order valence-corrected chi connectivity index (χ4v) is 3.23. The summed E-state index contributed by atoms with van der Waals surface area (Å²) < 4.78 is 22.4. The van der Waals surface area contributed by atoms with Crippen molar-refractivity contribution in [2.24, 2.45) is 7.05 Å². The molecule has 28 heavy (non-hydrogen) atoms. The van der Waals surface area contributed by atoms with E-state index in [-0.39, 0.29) is 30.1 Å². The van der Waals surface area contributed by atoms with E-state index in [0.29, 0.717) is 22.6 Å². The Bertz CT molecular complexity index is 993. The van der Waals surface area contributed by atoms with Crippen LogP contribution in [0.5, 0.6) is 17.2 Å². The second-order valence-electron chi connectivity index (χ2n) is 6.40. The summed E-state index contributed by atoms with van der Waals surface area (Å²) in [7, 11) is 4.38. The summed E-state index contributed by atoms with van der Waals surface area (Å²) in [6.07, 6.45) is -0.0347. The van der Waals surface area contributed by atoms with Crippen LogP contribution >= 0.6 is 0 Å². The molecule has 1 aromatic heterocycles. The summed E-state index contributed by atoms with van der Waals surface area (Å²) in [4.78, 5) is 36.7. The monoisotopic (exact) mass is 387 g/mol. The molecule has 8 nitrogen and oxygen atoms in total. The number of aromatic nitrogens is 1. The fraction of sp³-hybridized carbons (Fsp3) is 0.350. The average Bonchev–Trinajstić information content (AvgIpc) is 2.69. The lowest BCUT2D eigenvalue weighted by atomic mass is 9.86. The molecule has 1 aromatic carbocycles. The van der Waals surface area contributed by atoms with Crippen molar-refractivity contribution in [3.63, 3.8) is 0 Å². The van der Waals surface area contributed by atoms with Crippen LogP contribution in [-0.4, -0.2) is 37.3 Å². The van der Waals surface area contributed by atoms with Crippen molar-refractivity contribution in [1.82, 2.24) is 4.57 Å². The predicted molar refractivity (Wildman–Crippen MR) is 99.0 cm³/mol. The zero-order valence-corrected chi connectivity index (χ0v) is 16.1.